The van der Waals surface area contributed by atoms with Crippen LogP contribution < -0.4 is 10.5 Å². The highest BCUT2D eigenvalue weighted by molar-refractivity contribution is 7.09. The van der Waals surface area contributed by atoms with Gasteiger partial charge in [-0.15, -0.1) is 11.3 Å². The molecule has 4 heterocycles. The van der Waals surface area contributed by atoms with Crippen LogP contribution in [0.1, 0.15) is 59.4 Å². The van der Waals surface area contributed by atoms with Crippen LogP contribution in [0.4, 0.5) is 0 Å². The summed E-state index contributed by atoms with van der Waals surface area (Å²) in [6.45, 7) is 7.87. The Morgan fingerprint density at radius 1 is 1.18 bits per heavy atom. The third kappa shape index (κ3) is 5.61. The minimum Gasteiger partial charge on any atom is -0.492 e. The van der Waals surface area contributed by atoms with Crippen molar-refractivity contribution < 1.29 is 9.53 Å². The second-order valence-electron chi connectivity index (χ2n) is 10.4. The van der Waals surface area contributed by atoms with Crippen molar-refractivity contribution in [1.29, 1.82) is 0 Å². The van der Waals surface area contributed by atoms with Crippen molar-refractivity contribution in [3.8, 4) is 5.75 Å². The molecule has 8 heteroatoms. The minimum absolute atomic E-state index is 0.343. The molecule has 4 aliphatic rings. The SMILES string of the molecule is C1CN2CCC23CCC13.CC1=Cc2c(c(C(N)=O)nn2CCOc2ccccc2)CC=C1.Cc1nccs1. The van der Waals surface area contributed by atoms with E-state index in [4.69, 9.17) is 10.5 Å². The average Bonchev–Trinajstić information content (AvgIpc) is 3.48. The molecule has 0 radical (unpaired) electrons. The van der Waals surface area contributed by atoms with Gasteiger partial charge in [-0.2, -0.15) is 5.10 Å². The normalized spacial score (nSPS) is 22.5. The molecule has 2 N–H and O–H groups in total. The molecule has 2 saturated heterocycles. The highest BCUT2D eigenvalue weighted by atomic mass is 32.1. The Kier molecular flexibility index (Phi) is 8.09. The predicted octanol–water partition coefficient (Wildman–Crippen LogP) is 5.27. The Morgan fingerprint density at radius 2 is 2.03 bits per heavy atom. The summed E-state index contributed by atoms with van der Waals surface area (Å²) in [5, 5.41) is 7.48. The number of hydrogen-bond donors (Lipinski definition) is 1. The molecule has 1 aromatic carbocycles. The number of hydrogen-bond acceptors (Lipinski definition) is 6. The van der Waals surface area contributed by atoms with Crippen LogP contribution in [0.5, 0.6) is 5.75 Å². The fraction of sp³-hybridized carbons (Fsp3) is 0.433. The molecule has 3 aromatic rings. The number of benzene rings is 1. The van der Waals surface area contributed by atoms with Crippen molar-refractivity contribution in [3.63, 3.8) is 0 Å². The fourth-order valence-corrected chi connectivity index (χ4v) is 6.41. The van der Waals surface area contributed by atoms with Crippen LogP contribution in [-0.2, 0) is 13.0 Å². The van der Waals surface area contributed by atoms with Crippen LogP contribution in [0.2, 0.25) is 0 Å². The summed E-state index contributed by atoms with van der Waals surface area (Å²) in [4.78, 5) is 18.3. The summed E-state index contributed by atoms with van der Waals surface area (Å²) >= 11 is 1.67. The molecule has 2 aromatic heterocycles. The summed E-state index contributed by atoms with van der Waals surface area (Å²) in [5.41, 5.74) is 9.54. The summed E-state index contributed by atoms with van der Waals surface area (Å²) in [5.74, 6) is 1.45. The van der Waals surface area contributed by atoms with Gasteiger partial charge in [0.2, 0.25) is 0 Å². The van der Waals surface area contributed by atoms with Gasteiger partial charge in [0.25, 0.3) is 5.91 Å². The Bertz CT molecular complexity index is 1280. The lowest BCUT2D eigenvalue weighted by Gasteiger charge is -2.58. The van der Waals surface area contributed by atoms with Gasteiger partial charge in [0, 0.05) is 29.2 Å². The zero-order chi connectivity index (χ0) is 26.5. The van der Waals surface area contributed by atoms with E-state index in [-0.39, 0.29) is 0 Å². The second kappa shape index (κ2) is 11.7. The summed E-state index contributed by atoms with van der Waals surface area (Å²) in [6, 6.07) is 9.62. The smallest absolute Gasteiger partial charge is 0.269 e. The molecule has 1 spiro atoms. The van der Waals surface area contributed by atoms with E-state index in [1.165, 1.54) is 38.8 Å². The highest BCUT2D eigenvalue weighted by Crippen LogP contribution is 2.57. The van der Waals surface area contributed by atoms with Gasteiger partial charge in [0.1, 0.15) is 12.4 Å². The van der Waals surface area contributed by atoms with Crippen molar-refractivity contribution in [2.45, 2.75) is 58.0 Å². The number of carbonyl (C=O) groups is 1. The van der Waals surface area contributed by atoms with Crippen molar-refractivity contribution in [2.75, 3.05) is 19.7 Å². The standard InChI is InChI=1S/C18H19N3O2.C8H13N.C4H5NS/c1-13-6-5-9-15-16(12-13)21(20-17(15)18(19)22)10-11-23-14-7-3-2-4-8-14;1-3-8-4-6-9(8)5-2-7(1)8;1-4-5-2-3-6-4/h2-8,12H,9-11H2,1H3,(H2,19,22);7H,1-6H2;2-3H,1H3. The third-order valence-corrected chi connectivity index (χ3v) is 8.85. The first kappa shape index (κ1) is 26.4. The number of aryl methyl sites for hydroxylation is 1. The number of aromatic nitrogens is 3. The first-order valence-electron chi connectivity index (χ1n) is 13.5. The van der Waals surface area contributed by atoms with Gasteiger partial charge in [0.15, 0.2) is 5.69 Å². The van der Waals surface area contributed by atoms with Crippen LogP contribution in [-0.4, -0.2) is 50.8 Å². The number of ether oxygens (including phenoxy) is 1. The third-order valence-electron chi connectivity index (χ3n) is 8.14. The zero-order valence-electron chi connectivity index (χ0n) is 22.3. The summed E-state index contributed by atoms with van der Waals surface area (Å²) in [6.07, 6.45) is 14.7. The van der Waals surface area contributed by atoms with Gasteiger partial charge in [-0.1, -0.05) is 30.4 Å². The van der Waals surface area contributed by atoms with Crippen LogP contribution in [0.25, 0.3) is 6.08 Å². The van der Waals surface area contributed by atoms with Crippen LogP contribution in [0, 0.1) is 12.8 Å². The quantitative estimate of drug-likeness (QED) is 0.485. The van der Waals surface area contributed by atoms with Crippen molar-refractivity contribution in [2.24, 2.45) is 11.7 Å². The number of thiazole rings is 1. The van der Waals surface area contributed by atoms with E-state index in [2.05, 4.69) is 15.0 Å². The Morgan fingerprint density at radius 3 is 2.58 bits per heavy atom. The molecule has 1 saturated carbocycles. The van der Waals surface area contributed by atoms with Gasteiger partial charge < -0.3 is 10.5 Å². The average molecular weight is 532 g/mol. The molecular weight excluding hydrogens is 494 g/mol. The van der Waals surface area contributed by atoms with Crippen molar-refractivity contribution >= 4 is 23.3 Å². The van der Waals surface area contributed by atoms with E-state index in [1.54, 1.807) is 22.2 Å². The monoisotopic (exact) mass is 531 g/mol. The fourth-order valence-electron chi connectivity index (χ4n) is 5.97. The lowest BCUT2D eigenvalue weighted by molar-refractivity contribution is -0.0659. The molecule has 200 valence electrons. The van der Waals surface area contributed by atoms with E-state index >= 15 is 0 Å². The highest BCUT2D eigenvalue weighted by Gasteiger charge is 2.59. The van der Waals surface area contributed by atoms with E-state index in [9.17, 15) is 4.79 Å². The maximum atomic E-state index is 11.6. The lowest BCUT2D eigenvalue weighted by atomic mass is 9.62. The van der Waals surface area contributed by atoms with Crippen molar-refractivity contribution in [1.82, 2.24) is 19.7 Å². The number of allylic oxidation sites excluding steroid dienone is 3. The Labute approximate surface area is 229 Å². The molecule has 0 bridgehead atoms. The number of primary amides is 1. The van der Waals surface area contributed by atoms with E-state index < -0.39 is 5.91 Å². The number of carbonyl (C=O) groups excluding carboxylic acids is 1. The van der Waals surface area contributed by atoms with Crippen molar-refractivity contribution in [3.05, 3.63) is 81.6 Å². The predicted molar refractivity (Wildman–Crippen MR) is 152 cm³/mol. The van der Waals surface area contributed by atoms with Gasteiger partial charge in [-0.05, 0) is 82.2 Å². The number of amides is 1. The molecule has 38 heavy (non-hydrogen) atoms. The van der Waals surface area contributed by atoms with Gasteiger partial charge in [0.05, 0.1) is 17.2 Å². The molecular formula is C30H37N5O2S. The van der Waals surface area contributed by atoms with E-state index in [1.807, 2.05) is 67.8 Å². The van der Waals surface area contributed by atoms with Gasteiger partial charge in [-0.3, -0.25) is 19.4 Å². The molecule has 7 rings (SSSR count). The maximum absolute atomic E-state index is 11.6. The van der Waals surface area contributed by atoms with Gasteiger partial charge >= 0.3 is 0 Å². The lowest BCUT2D eigenvalue weighted by Crippen LogP contribution is -2.63. The number of nitrogens with two attached hydrogens (primary N) is 1. The Balaban J connectivity index is 0.000000156. The Hall–Kier alpha value is -3.23. The largest absolute Gasteiger partial charge is 0.492 e. The molecule has 1 amide bonds. The van der Waals surface area contributed by atoms with E-state index in [0.717, 1.165) is 39.0 Å². The summed E-state index contributed by atoms with van der Waals surface area (Å²) < 4.78 is 7.52. The molecule has 3 fully saturated rings. The van der Waals surface area contributed by atoms with Crippen LogP contribution in [0.15, 0.2) is 59.6 Å². The minimum atomic E-state index is -0.495. The summed E-state index contributed by atoms with van der Waals surface area (Å²) in [7, 11) is 0. The molecule has 2 unspecified atom stereocenters. The first-order chi connectivity index (χ1) is 18.5. The number of para-hydroxylation sites is 1. The van der Waals surface area contributed by atoms with E-state index in [0.29, 0.717) is 25.3 Å². The van der Waals surface area contributed by atoms with Crippen LogP contribution in [0.3, 0.4) is 0 Å². The number of nitrogens with zero attached hydrogens (tertiary/aromatic N) is 4. The maximum Gasteiger partial charge on any atom is 0.269 e. The first-order valence-corrected chi connectivity index (χ1v) is 14.4. The second-order valence-corrected chi connectivity index (χ2v) is 11.5. The molecule has 2 atom stereocenters. The topological polar surface area (TPSA) is 86.3 Å². The zero-order valence-corrected chi connectivity index (χ0v) is 23.1. The number of rotatable bonds is 5. The van der Waals surface area contributed by atoms with Gasteiger partial charge in [-0.25, -0.2) is 0 Å². The molecule has 2 aliphatic carbocycles. The number of fused-ring (bicyclic) bond motifs is 1. The molecule has 2 aliphatic heterocycles. The molecule has 7 nitrogen and oxygen atoms in total. The van der Waals surface area contributed by atoms with Crippen LogP contribution >= 0.6 is 11.3 Å².